The van der Waals surface area contributed by atoms with Gasteiger partial charge in [0.15, 0.2) is 29.5 Å². The number of halogens is 2. The predicted molar refractivity (Wildman–Crippen MR) is 135 cm³/mol. The SMILES string of the molecule is CC#CC(=O)N1CCC(n2cc(-c3ccc(Oc4c(F)cccc4F)cc3)c(/C(N)=N\NC)c2C=O)C1. The Hall–Kier alpha value is -4.65. The summed E-state index contributed by atoms with van der Waals surface area (Å²) in [6.07, 6.45) is 3.15. The van der Waals surface area contributed by atoms with Gasteiger partial charge in [-0.15, -0.1) is 0 Å². The molecule has 0 radical (unpaired) electrons. The average molecular weight is 506 g/mol. The maximum absolute atomic E-state index is 14.0. The number of amidine groups is 1. The number of amides is 1. The number of benzene rings is 2. The summed E-state index contributed by atoms with van der Waals surface area (Å²) < 4.78 is 35.2. The second-order valence-corrected chi connectivity index (χ2v) is 8.29. The van der Waals surface area contributed by atoms with E-state index < -0.39 is 17.4 Å². The van der Waals surface area contributed by atoms with E-state index in [9.17, 15) is 18.4 Å². The highest BCUT2D eigenvalue weighted by Crippen LogP contribution is 2.35. The molecule has 3 N–H and O–H groups in total. The summed E-state index contributed by atoms with van der Waals surface area (Å²) in [6, 6.07) is 9.83. The minimum atomic E-state index is -0.816. The van der Waals surface area contributed by atoms with Crippen LogP contribution in [-0.2, 0) is 4.79 Å². The van der Waals surface area contributed by atoms with E-state index in [4.69, 9.17) is 10.5 Å². The second kappa shape index (κ2) is 11.0. The van der Waals surface area contributed by atoms with Crippen LogP contribution >= 0.6 is 0 Å². The van der Waals surface area contributed by atoms with Crippen LogP contribution in [0.1, 0.15) is 35.4 Å². The van der Waals surface area contributed by atoms with Crippen molar-refractivity contribution in [3.05, 3.63) is 71.6 Å². The quantitative estimate of drug-likeness (QED) is 0.168. The van der Waals surface area contributed by atoms with Gasteiger partial charge in [-0.3, -0.25) is 9.59 Å². The second-order valence-electron chi connectivity index (χ2n) is 8.29. The van der Waals surface area contributed by atoms with Crippen LogP contribution < -0.4 is 15.9 Å². The molecule has 1 saturated heterocycles. The highest BCUT2D eigenvalue weighted by atomic mass is 19.1. The Morgan fingerprint density at radius 1 is 1.22 bits per heavy atom. The van der Waals surface area contributed by atoms with Gasteiger partial charge in [-0.05, 0) is 49.1 Å². The smallest absolute Gasteiger partial charge is 0.298 e. The van der Waals surface area contributed by atoms with E-state index in [0.717, 1.165) is 12.1 Å². The number of likely N-dealkylation sites (tertiary alicyclic amines) is 1. The summed E-state index contributed by atoms with van der Waals surface area (Å²) >= 11 is 0. The summed E-state index contributed by atoms with van der Waals surface area (Å²) in [6.45, 7) is 2.51. The van der Waals surface area contributed by atoms with Crippen LogP contribution in [0.25, 0.3) is 11.1 Å². The van der Waals surface area contributed by atoms with Gasteiger partial charge in [-0.25, -0.2) is 8.78 Å². The zero-order valence-corrected chi connectivity index (χ0v) is 20.3. The minimum absolute atomic E-state index is 0.106. The molecule has 2 heterocycles. The fourth-order valence-corrected chi connectivity index (χ4v) is 4.37. The number of hydrogen-bond acceptors (Lipinski definition) is 5. The van der Waals surface area contributed by atoms with E-state index in [1.807, 2.05) is 4.57 Å². The number of nitrogens with two attached hydrogens (primary N) is 1. The van der Waals surface area contributed by atoms with E-state index >= 15 is 0 Å². The van der Waals surface area contributed by atoms with Crippen molar-refractivity contribution < 1.29 is 23.1 Å². The summed E-state index contributed by atoms with van der Waals surface area (Å²) in [4.78, 5) is 26.1. The highest BCUT2D eigenvalue weighted by molar-refractivity contribution is 6.09. The number of hydrogen-bond donors (Lipinski definition) is 2. The first-order valence-electron chi connectivity index (χ1n) is 11.5. The number of rotatable bonds is 7. The molecule has 0 aliphatic carbocycles. The Morgan fingerprint density at radius 3 is 2.54 bits per heavy atom. The molecular formula is C27H25F2N5O3. The molecule has 1 amide bonds. The zero-order chi connectivity index (χ0) is 26.5. The summed E-state index contributed by atoms with van der Waals surface area (Å²) in [5.74, 6) is 3.11. The number of para-hydroxylation sites is 1. The third-order valence-electron chi connectivity index (χ3n) is 6.05. The third-order valence-corrected chi connectivity index (χ3v) is 6.05. The number of carbonyl (C=O) groups excluding carboxylic acids is 2. The van der Waals surface area contributed by atoms with Gasteiger partial charge in [0.25, 0.3) is 5.91 Å². The van der Waals surface area contributed by atoms with Gasteiger partial charge >= 0.3 is 0 Å². The first-order valence-corrected chi connectivity index (χ1v) is 11.5. The molecule has 0 spiro atoms. The third kappa shape index (κ3) is 5.16. The van der Waals surface area contributed by atoms with Crippen molar-refractivity contribution in [2.45, 2.75) is 19.4 Å². The van der Waals surface area contributed by atoms with Crippen LogP contribution in [0.5, 0.6) is 11.5 Å². The molecular weight excluding hydrogens is 480 g/mol. The molecule has 1 aliphatic heterocycles. The van der Waals surface area contributed by atoms with Crippen molar-refractivity contribution in [1.29, 1.82) is 0 Å². The average Bonchev–Trinajstić information content (AvgIpc) is 3.52. The lowest BCUT2D eigenvalue weighted by Gasteiger charge is -2.16. The topological polar surface area (TPSA) is 102 Å². The fraction of sp³-hybridized carbons (Fsp3) is 0.222. The van der Waals surface area contributed by atoms with Gasteiger partial charge < -0.3 is 25.4 Å². The summed E-state index contributed by atoms with van der Waals surface area (Å²) in [5, 5.41) is 4.07. The number of aldehydes is 1. The van der Waals surface area contributed by atoms with Crippen LogP contribution in [0, 0.1) is 23.5 Å². The van der Waals surface area contributed by atoms with Crippen LogP contribution in [0.4, 0.5) is 8.78 Å². The largest absolute Gasteiger partial charge is 0.451 e. The number of nitrogens with zero attached hydrogens (tertiary/aromatic N) is 3. The molecule has 8 nitrogen and oxygen atoms in total. The van der Waals surface area contributed by atoms with E-state index in [2.05, 4.69) is 22.4 Å². The molecule has 2 aromatic carbocycles. The first-order chi connectivity index (χ1) is 17.9. The molecule has 1 atom stereocenters. The van der Waals surface area contributed by atoms with Crippen LogP contribution in [0.2, 0.25) is 0 Å². The molecule has 1 aromatic heterocycles. The number of ether oxygens (including phenoxy) is 1. The number of aromatic nitrogens is 1. The van der Waals surface area contributed by atoms with Crippen molar-refractivity contribution in [3.63, 3.8) is 0 Å². The van der Waals surface area contributed by atoms with Crippen molar-refractivity contribution in [3.8, 4) is 34.5 Å². The van der Waals surface area contributed by atoms with Gasteiger partial charge in [0, 0.05) is 31.9 Å². The lowest BCUT2D eigenvalue weighted by Crippen LogP contribution is -2.28. The van der Waals surface area contributed by atoms with Crippen molar-refractivity contribution in [2.24, 2.45) is 10.8 Å². The minimum Gasteiger partial charge on any atom is -0.451 e. The molecule has 0 bridgehead atoms. The number of hydrazone groups is 1. The normalized spacial score (nSPS) is 15.2. The van der Waals surface area contributed by atoms with Gasteiger partial charge in [0.1, 0.15) is 5.75 Å². The Bertz CT molecular complexity index is 1400. The van der Waals surface area contributed by atoms with E-state index in [-0.39, 0.29) is 23.5 Å². The van der Waals surface area contributed by atoms with Gasteiger partial charge in [0.2, 0.25) is 0 Å². The number of carbonyl (C=O) groups is 2. The predicted octanol–water partition coefficient (Wildman–Crippen LogP) is 3.67. The Morgan fingerprint density at radius 2 is 1.92 bits per heavy atom. The maximum Gasteiger partial charge on any atom is 0.298 e. The molecule has 190 valence electrons. The van der Waals surface area contributed by atoms with Crippen molar-refractivity contribution >= 4 is 18.0 Å². The lowest BCUT2D eigenvalue weighted by molar-refractivity contribution is -0.124. The van der Waals surface area contributed by atoms with E-state index in [1.54, 1.807) is 49.3 Å². The zero-order valence-electron chi connectivity index (χ0n) is 20.3. The Labute approximate surface area is 212 Å². The van der Waals surface area contributed by atoms with E-state index in [1.165, 1.54) is 6.07 Å². The lowest BCUT2D eigenvalue weighted by atomic mass is 10.0. The molecule has 1 unspecified atom stereocenters. The molecule has 1 fully saturated rings. The van der Waals surface area contributed by atoms with Crippen molar-refractivity contribution in [2.75, 3.05) is 20.1 Å². The number of nitrogens with one attached hydrogen (secondary N) is 1. The van der Waals surface area contributed by atoms with Crippen molar-refractivity contribution in [1.82, 2.24) is 14.9 Å². The highest BCUT2D eigenvalue weighted by Gasteiger charge is 2.30. The fourth-order valence-electron chi connectivity index (χ4n) is 4.37. The molecule has 1 aliphatic rings. The van der Waals surface area contributed by atoms with Gasteiger partial charge in [-0.2, -0.15) is 5.10 Å². The molecule has 37 heavy (non-hydrogen) atoms. The van der Waals surface area contributed by atoms with Crippen LogP contribution in [0.15, 0.2) is 53.8 Å². The molecule has 4 rings (SSSR count). The van der Waals surface area contributed by atoms with Gasteiger partial charge in [-0.1, -0.05) is 24.1 Å². The van der Waals surface area contributed by atoms with Gasteiger partial charge in [0.05, 0.1) is 17.3 Å². The molecule has 0 saturated carbocycles. The molecule has 10 heteroatoms. The Balaban J connectivity index is 1.71. The first kappa shape index (κ1) is 25.4. The summed E-state index contributed by atoms with van der Waals surface area (Å²) in [7, 11) is 1.59. The monoisotopic (exact) mass is 505 g/mol. The summed E-state index contributed by atoms with van der Waals surface area (Å²) in [5.41, 5.74) is 10.9. The maximum atomic E-state index is 14.0. The molecule has 3 aromatic rings. The van der Waals surface area contributed by atoms with E-state index in [0.29, 0.717) is 48.2 Å². The standard InChI is InChI=1S/C27H25F2N5O3/c1-3-5-24(36)33-13-12-18(14-33)34-15-20(25(23(34)16-35)27(30)32-31-2)17-8-10-19(11-9-17)37-26-21(28)6-4-7-22(26)29/h4,6-11,15-16,18,31H,12-14H2,1-2H3,(H2,30,32). The Kier molecular flexibility index (Phi) is 7.53. The van der Waals surface area contributed by atoms with Crippen LogP contribution in [0.3, 0.4) is 0 Å². The van der Waals surface area contributed by atoms with Crippen LogP contribution in [-0.4, -0.2) is 47.6 Å².